The Morgan fingerprint density at radius 3 is 2.07 bits per heavy atom. The van der Waals surface area contributed by atoms with Crippen LogP contribution >= 0.6 is 0 Å². The zero-order chi connectivity index (χ0) is 19.6. The van der Waals surface area contributed by atoms with Gasteiger partial charge in [-0.2, -0.15) is 18.4 Å². The molecule has 0 spiro atoms. The summed E-state index contributed by atoms with van der Waals surface area (Å²) in [7, 11) is 1.49. The topological polar surface area (TPSA) is 45.9 Å². The van der Waals surface area contributed by atoms with E-state index in [2.05, 4.69) is 4.98 Å². The molecule has 0 unspecified atom stereocenters. The molecule has 0 radical (unpaired) electrons. The van der Waals surface area contributed by atoms with Gasteiger partial charge in [-0.25, -0.2) is 4.98 Å². The fourth-order valence-corrected chi connectivity index (χ4v) is 2.72. The van der Waals surface area contributed by atoms with Crippen LogP contribution in [0.4, 0.5) is 13.2 Å². The Kier molecular flexibility index (Phi) is 4.87. The number of benzene rings is 2. The molecule has 3 aromatic rings. The Balaban J connectivity index is 2.29. The summed E-state index contributed by atoms with van der Waals surface area (Å²) in [6, 6.07) is 16.3. The number of nitrogens with zero attached hydrogens (tertiary/aromatic N) is 2. The number of rotatable bonds is 3. The Bertz CT molecular complexity index is 1000. The molecule has 3 nitrogen and oxygen atoms in total. The van der Waals surface area contributed by atoms with Gasteiger partial charge in [0, 0.05) is 11.1 Å². The lowest BCUT2D eigenvalue weighted by Crippen LogP contribution is -2.10. The number of aryl methyl sites for hydroxylation is 1. The first kappa shape index (κ1) is 18.5. The lowest BCUT2D eigenvalue weighted by atomic mass is 9.95. The van der Waals surface area contributed by atoms with Gasteiger partial charge in [-0.1, -0.05) is 29.8 Å². The molecular formula is C21H15F3N2O. The van der Waals surface area contributed by atoms with E-state index in [4.69, 9.17) is 4.74 Å². The van der Waals surface area contributed by atoms with Gasteiger partial charge in [0.05, 0.1) is 18.4 Å². The van der Waals surface area contributed by atoms with Crippen LogP contribution in [-0.2, 0) is 6.18 Å². The number of ether oxygens (including phenoxy) is 1. The Hall–Kier alpha value is -3.33. The van der Waals surface area contributed by atoms with Crippen molar-refractivity contribution in [3.05, 3.63) is 71.4 Å². The van der Waals surface area contributed by atoms with Crippen LogP contribution in [0.15, 0.2) is 54.6 Å². The summed E-state index contributed by atoms with van der Waals surface area (Å²) < 4.78 is 45.4. The first-order valence-corrected chi connectivity index (χ1v) is 8.07. The molecule has 0 atom stereocenters. The van der Waals surface area contributed by atoms with Crippen molar-refractivity contribution in [1.29, 1.82) is 5.26 Å². The van der Waals surface area contributed by atoms with E-state index in [1.165, 1.54) is 7.11 Å². The van der Waals surface area contributed by atoms with Gasteiger partial charge in [0.15, 0.2) is 0 Å². The summed E-state index contributed by atoms with van der Waals surface area (Å²) in [4.78, 5) is 3.76. The van der Waals surface area contributed by atoms with Crippen molar-refractivity contribution in [3.63, 3.8) is 0 Å². The predicted molar refractivity (Wildman–Crippen MR) is 96.1 cm³/mol. The zero-order valence-corrected chi connectivity index (χ0v) is 14.6. The molecule has 0 aliphatic carbocycles. The smallest absolute Gasteiger partial charge is 0.433 e. The number of hydrogen-bond acceptors (Lipinski definition) is 3. The standard InChI is InChI=1S/C21H15F3N2O/c1-13-3-5-14(6-4-13)17-11-19(21(22,23)24)26-20(18(17)12-25)15-7-9-16(27-2)10-8-15/h3-11H,1-2H3. The van der Waals surface area contributed by atoms with Crippen LogP contribution in [0, 0.1) is 18.3 Å². The van der Waals surface area contributed by atoms with Gasteiger partial charge in [0.2, 0.25) is 0 Å². The van der Waals surface area contributed by atoms with Crippen LogP contribution < -0.4 is 4.74 Å². The summed E-state index contributed by atoms with van der Waals surface area (Å²) in [5.74, 6) is 0.558. The Morgan fingerprint density at radius 2 is 1.56 bits per heavy atom. The average molecular weight is 368 g/mol. The molecule has 27 heavy (non-hydrogen) atoms. The lowest BCUT2D eigenvalue weighted by Gasteiger charge is -2.15. The fraction of sp³-hybridized carbons (Fsp3) is 0.143. The second-order valence-electron chi connectivity index (χ2n) is 5.98. The number of alkyl halides is 3. The van der Waals surface area contributed by atoms with E-state index in [0.29, 0.717) is 16.9 Å². The van der Waals surface area contributed by atoms with Crippen molar-refractivity contribution < 1.29 is 17.9 Å². The van der Waals surface area contributed by atoms with Crippen molar-refractivity contribution in [2.75, 3.05) is 7.11 Å². The van der Waals surface area contributed by atoms with E-state index in [0.717, 1.165) is 11.6 Å². The van der Waals surface area contributed by atoms with Gasteiger partial charge < -0.3 is 4.74 Å². The van der Waals surface area contributed by atoms with E-state index in [9.17, 15) is 18.4 Å². The molecule has 0 fully saturated rings. The highest BCUT2D eigenvalue weighted by Crippen LogP contribution is 2.37. The van der Waals surface area contributed by atoms with Crippen LogP contribution in [0.3, 0.4) is 0 Å². The molecule has 1 aromatic heterocycles. The molecule has 0 aliphatic heterocycles. The summed E-state index contributed by atoms with van der Waals surface area (Å²) in [6.07, 6.45) is -4.63. The number of nitriles is 1. The summed E-state index contributed by atoms with van der Waals surface area (Å²) >= 11 is 0. The van der Waals surface area contributed by atoms with E-state index < -0.39 is 11.9 Å². The van der Waals surface area contributed by atoms with Gasteiger partial charge in [-0.15, -0.1) is 0 Å². The first-order valence-electron chi connectivity index (χ1n) is 8.07. The molecule has 0 amide bonds. The highest BCUT2D eigenvalue weighted by molar-refractivity contribution is 5.80. The van der Waals surface area contributed by atoms with Crippen LogP contribution in [-0.4, -0.2) is 12.1 Å². The molecule has 0 saturated carbocycles. The fourth-order valence-electron chi connectivity index (χ4n) is 2.72. The van der Waals surface area contributed by atoms with Gasteiger partial charge in [-0.3, -0.25) is 0 Å². The first-order chi connectivity index (χ1) is 12.8. The van der Waals surface area contributed by atoms with Crippen molar-refractivity contribution in [3.8, 4) is 34.2 Å². The molecule has 0 aliphatic rings. The highest BCUT2D eigenvalue weighted by Gasteiger charge is 2.34. The third-order valence-corrected chi connectivity index (χ3v) is 4.15. The van der Waals surface area contributed by atoms with Gasteiger partial charge in [-0.05, 0) is 42.8 Å². The maximum Gasteiger partial charge on any atom is 0.433 e. The molecule has 0 bridgehead atoms. The molecule has 2 aromatic carbocycles. The predicted octanol–water partition coefficient (Wildman–Crippen LogP) is 5.62. The lowest BCUT2D eigenvalue weighted by molar-refractivity contribution is -0.141. The second-order valence-corrected chi connectivity index (χ2v) is 5.98. The Labute approximate surface area is 154 Å². The minimum atomic E-state index is -4.63. The number of methoxy groups -OCH3 is 1. The minimum absolute atomic E-state index is 0.00875. The largest absolute Gasteiger partial charge is 0.497 e. The second kappa shape index (κ2) is 7.12. The maximum atomic E-state index is 13.4. The molecular weight excluding hydrogens is 353 g/mol. The van der Waals surface area contributed by atoms with Crippen molar-refractivity contribution in [2.24, 2.45) is 0 Å². The minimum Gasteiger partial charge on any atom is -0.497 e. The van der Waals surface area contributed by atoms with E-state index in [1.54, 1.807) is 48.5 Å². The average Bonchev–Trinajstić information content (AvgIpc) is 2.67. The SMILES string of the molecule is COc1ccc(-c2nc(C(F)(F)F)cc(-c3ccc(C)cc3)c2C#N)cc1. The summed E-state index contributed by atoms with van der Waals surface area (Å²) in [6.45, 7) is 1.88. The molecule has 6 heteroatoms. The number of pyridine rings is 1. The van der Waals surface area contributed by atoms with Crippen molar-refractivity contribution in [1.82, 2.24) is 4.98 Å². The van der Waals surface area contributed by atoms with E-state index in [-0.39, 0.29) is 16.8 Å². The third-order valence-electron chi connectivity index (χ3n) is 4.15. The summed E-state index contributed by atoms with van der Waals surface area (Å²) in [5, 5.41) is 9.68. The molecule has 0 N–H and O–H groups in total. The zero-order valence-electron chi connectivity index (χ0n) is 14.6. The van der Waals surface area contributed by atoms with Crippen LogP contribution in [0.1, 0.15) is 16.8 Å². The molecule has 136 valence electrons. The quantitative estimate of drug-likeness (QED) is 0.602. The van der Waals surface area contributed by atoms with Crippen molar-refractivity contribution >= 4 is 0 Å². The van der Waals surface area contributed by atoms with E-state index >= 15 is 0 Å². The van der Waals surface area contributed by atoms with Crippen molar-refractivity contribution in [2.45, 2.75) is 13.1 Å². The number of aromatic nitrogens is 1. The van der Waals surface area contributed by atoms with Crippen LogP contribution in [0.25, 0.3) is 22.4 Å². The monoisotopic (exact) mass is 368 g/mol. The molecule has 3 rings (SSSR count). The third kappa shape index (κ3) is 3.77. The molecule has 0 saturated heterocycles. The normalized spacial score (nSPS) is 11.1. The number of halogens is 3. The maximum absolute atomic E-state index is 13.4. The highest BCUT2D eigenvalue weighted by atomic mass is 19.4. The Morgan fingerprint density at radius 1 is 0.963 bits per heavy atom. The van der Waals surface area contributed by atoms with Crippen LogP contribution in [0.2, 0.25) is 0 Å². The number of hydrogen-bond donors (Lipinski definition) is 0. The van der Waals surface area contributed by atoms with Gasteiger partial charge >= 0.3 is 6.18 Å². The van der Waals surface area contributed by atoms with E-state index in [1.807, 2.05) is 13.0 Å². The van der Waals surface area contributed by atoms with Crippen LogP contribution in [0.5, 0.6) is 5.75 Å². The molecule has 1 heterocycles. The van der Waals surface area contributed by atoms with Gasteiger partial charge in [0.25, 0.3) is 0 Å². The van der Waals surface area contributed by atoms with Gasteiger partial charge in [0.1, 0.15) is 17.5 Å². The summed E-state index contributed by atoms with van der Waals surface area (Å²) in [5.41, 5.74) is 1.15.